The predicted octanol–water partition coefficient (Wildman–Crippen LogP) is 3.00. The van der Waals surface area contributed by atoms with Crippen LogP contribution in [0.1, 0.15) is 52.4 Å². The Labute approximate surface area is 105 Å². The summed E-state index contributed by atoms with van der Waals surface area (Å²) in [5.41, 5.74) is 0. The average molecular weight is 241 g/mol. The Bertz CT molecular complexity index is 224. The van der Waals surface area contributed by atoms with Gasteiger partial charge in [0, 0.05) is 13.1 Å². The molecule has 1 rings (SSSR count). The molecule has 0 saturated carbocycles. The molecule has 0 spiro atoms. The van der Waals surface area contributed by atoms with Gasteiger partial charge in [-0.3, -0.25) is 4.79 Å². The van der Waals surface area contributed by atoms with Gasteiger partial charge >= 0.3 is 5.97 Å². The lowest BCUT2D eigenvalue weighted by Gasteiger charge is -2.36. The molecule has 1 atom stereocenters. The molecule has 1 aliphatic heterocycles. The Hall–Kier alpha value is -0.570. The number of nitrogens with zero attached hydrogens (tertiary/aromatic N) is 1. The second kappa shape index (κ2) is 7.70. The molecule has 1 aliphatic rings. The summed E-state index contributed by atoms with van der Waals surface area (Å²) in [6, 6.07) is 0. The van der Waals surface area contributed by atoms with E-state index in [9.17, 15) is 4.79 Å². The lowest BCUT2D eigenvalue weighted by atomic mass is 9.98. The van der Waals surface area contributed by atoms with Crippen LogP contribution in [0.15, 0.2) is 0 Å². The Morgan fingerprint density at radius 3 is 2.53 bits per heavy atom. The SMILES string of the molecule is CCC(C)CCCCCCN1CC(C(=O)O)C1. The first kappa shape index (κ1) is 14.5. The molecule has 100 valence electrons. The van der Waals surface area contributed by atoms with Crippen molar-refractivity contribution < 1.29 is 9.90 Å². The predicted molar refractivity (Wildman–Crippen MR) is 70.1 cm³/mol. The van der Waals surface area contributed by atoms with Crippen molar-refractivity contribution in [2.45, 2.75) is 52.4 Å². The molecule has 0 aromatic heterocycles. The van der Waals surface area contributed by atoms with Gasteiger partial charge in [-0.05, 0) is 18.9 Å². The van der Waals surface area contributed by atoms with Crippen LogP contribution in [0.2, 0.25) is 0 Å². The Balaban J connectivity index is 1.84. The van der Waals surface area contributed by atoms with Crippen molar-refractivity contribution in [3.63, 3.8) is 0 Å². The molecule has 3 heteroatoms. The smallest absolute Gasteiger partial charge is 0.309 e. The van der Waals surface area contributed by atoms with E-state index in [0.717, 1.165) is 25.6 Å². The summed E-state index contributed by atoms with van der Waals surface area (Å²) in [5, 5.41) is 8.74. The zero-order chi connectivity index (χ0) is 12.7. The molecule has 0 bridgehead atoms. The van der Waals surface area contributed by atoms with E-state index in [1.165, 1.54) is 38.5 Å². The van der Waals surface area contributed by atoms with E-state index in [-0.39, 0.29) is 5.92 Å². The van der Waals surface area contributed by atoms with Gasteiger partial charge in [0.2, 0.25) is 0 Å². The normalized spacial score (nSPS) is 18.9. The third-order valence-corrected chi connectivity index (χ3v) is 3.92. The molecule has 1 unspecified atom stereocenters. The molecule has 0 aromatic rings. The number of carbonyl (C=O) groups is 1. The van der Waals surface area contributed by atoms with Crippen LogP contribution in [-0.2, 0) is 4.79 Å². The highest BCUT2D eigenvalue weighted by molar-refractivity contribution is 5.71. The zero-order valence-corrected chi connectivity index (χ0v) is 11.3. The van der Waals surface area contributed by atoms with E-state index in [0.29, 0.717) is 0 Å². The second-order valence-electron chi connectivity index (χ2n) is 5.51. The van der Waals surface area contributed by atoms with E-state index in [4.69, 9.17) is 5.11 Å². The standard InChI is InChI=1S/C14H27NO2/c1-3-12(2)8-6-4-5-7-9-15-10-13(11-15)14(16)17/h12-13H,3-11H2,1-2H3,(H,16,17). The summed E-state index contributed by atoms with van der Waals surface area (Å²) in [6.45, 7) is 7.21. The molecule has 0 aliphatic carbocycles. The third kappa shape index (κ3) is 5.53. The first-order valence-electron chi connectivity index (χ1n) is 7.08. The molecule has 1 fully saturated rings. The number of likely N-dealkylation sites (tertiary alicyclic amines) is 1. The van der Waals surface area contributed by atoms with Crippen molar-refractivity contribution in [2.24, 2.45) is 11.8 Å². The maximum absolute atomic E-state index is 10.6. The number of hydrogen-bond donors (Lipinski definition) is 1. The van der Waals surface area contributed by atoms with Crippen molar-refractivity contribution in [1.29, 1.82) is 0 Å². The average Bonchev–Trinajstić information content (AvgIpc) is 2.24. The third-order valence-electron chi connectivity index (χ3n) is 3.92. The van der Waals surface area contributed by atoms with Crippen molar-refractivity contribution >= 4 is 5.97 Å². The quantitative estimate of drug-likeness (QED) is 0.631. The van der Waals surface area contributed by atoms with E-state index in [1.807, 2.05) is 0 Å². The van der Waals surface area contributed by atoms with Gasteiger partial charge in [0.15, 0.2) is 0 Å². The van der Waals surface area contributed by atoms with E-state index in [1.54, 1.807) is 0 Å². The highest BCUT2D eigenvalue weighted by atomic mass is 16.4. The summed E-state index contributed by atoms with van der Waals surface area (Å²) in [4.78, 5) is 12.9. The Kier molecular flexibility index (Phi) is 6.56. The van der Waals surface area contributed by atoms with Crippen molar-refractivity contribution in [2.75, 3.05) is 19.6 Å². The van der Waals surface area contributed by atoms with Gasteiger partial charge in [-0.1, -0.05) is 46.0 Å². The van der Waals surface area contributed by atoms with Crippen LogP contribution in [0.5, 0.6) is 0 Å². The first-order valence-corrected chi connectivity index (χ1v) is 7.08. The maximum Gasteiger partial charge on any atom is 0.309 e. The summed E-state index contributed by atoms with van der Waals surface area (Å²) in [6.07, 6.45) is 7.87. The summed E-state index contributed by atoms with van der Waals surface area (Å²) in [7, 11) is 0. The fourth-order valence-electron chi connectivity index (χ4n) is 2.29. The lowest BCUT2D eigenvalue weighted by Crippen LogP contribution is -2.50. The number of carboxylic acids is 1. The maximum atomic E-state index is 10.6. The topological polar surface area (TPSA) is 40.5 Å². The molecule has 1 heterocycles. The fourth-order valence-corrected chi connectivity index (χ4v) is 2.29. The minimum atomic E-state index is -0.630. The lowest BCUT2D eigenvalue weighted by molar-refractivity contribution is -0.147. The molecule has 1 saturated heterocycles. The van der Waals surface area contributed by atoms with Crippen LogP contribution in [0.3, 0.4) is 0 Å². The molecule has 1 N–H and O–H groups in total. The molecule has 17 heavy (non-hydrogen) atoms. The number of aliphatic carboxylic acids is 1. The fraction of sp³-hybridized carbons (Fsp3) is 0.929. The number of unbranched alkanes of at least 4 members (excludes halogenated alkanes) is 3. The number of rotatable bonds is 9. The summed E-state index contributed by atoms with van der Waals surface area (Å²) >= 11 is 0. The summed E-state index contributed by atoms with van der Waals surface area (Å²) in [5.74, 6) is 0.150. The van der Waals surface area contributed by atoms with Crippen LogP contribution >= 0.6 is 0 Å². The van der Waals surface area contributed by atoms with Gasteiger partial charge in [0.1, 0.15) is 0 Å². The second-order valence-corrected chi connectivity index (χ2v) is 5.51. The van der Waals surface area contributed by atoms with E-state index in [2.05, 4.69) is 18.7 Å². The van der Waals surface area contributed by atoms with Crippen LogP contribution in [0.4, 0.5) is 0 Å². The minimum absolute atomic E-state index is 0.0968. The van der Waals surface area contributed by atoms with E-state index >= 15 is 0 Å². The Morgan fingerprint density at radius 1 is 1.29 bits per heavy atom. The number of hydrogen-bond acceptors (Lipinski definition) is 2. The first-order chi connectivity index (χ1) is 8.13. The van der Waals surface area contributed by atoms with Gasteiger partial charge in [-0.25, -0.2) is 0 Å². The zero-order valence-electron chi connectivity index (χ0n) is 11.3. The van der Waals surface area contributed by atoms with Crippen LogP contribution in [-0.4, -0.2) is 35.6 Å². The van der Waals surface area contributed by atoms with E-state index < -0.39 is 5.97 Å². The Morgan fingerprint density at radius 2 is 1.94 bits per heavy atom. The van der Waals surface area contributed by atoms with Crippen LogP contribution < -0.4 is 0 Å². The van der Waals surface area contributed by atoms with Crippen LogP contribution in [0, 0.1) is 11.8 Å². The van der Waals surface area contributed by atoms with Gasteiger partial charge in [0.05, 0.1) is 5.92 Å². The monoisotopic (exact) mass is 241 g/mol. The van der Waals surface area contributed by atoms with Gasteiger partial charge in [-0.15, -0.1) is 0 Å². The molecule has 0 aromatic carbocycles. The van der Waals surface area contributed by atoms with Gasteiger partial charge in [-0.2, -0.15) is 0 Å². The molecular weight excluding hydrogens is 214 g/mol. The van der Waals surface area contributed by atoms with Gasteiger partial charge in [0.25, 0.3) is 0 Å². The van der Waals surface area contributed by atoms with Crippen molar-refractivity contribution in [1.82, 2.24) is 4.90 Å². The molecule has 0 radical (unpaired) electrons. The minimum Gasteiger partial charge on any atom is -0.481 e. The molecular formula is C14H27NO2. The van der Waals surface area contributed by atoms with Crippen molar-refractivity contribution in [3.05, 3.63) is 0 Å². The highest BCUT2D eigenvalue weighted by Gasteiger charge is 2.31. The van der Waals surface area contributed by atoms with Crippen LogP contribution in [0.25, 0.3) is 0 Å². The van der Waals surface area contributed by atoms with Gasteiger partial charge < -0.3 is 10.0 Å². The highest BCUT2D eigenvalue weighted by Crippen LogP contribution is 2.17. The molecule has 3 nitrogen and oxygen atoms in total. The number of carboxylic acid groups (broad SMARTS) is 1. The molecule has 0 amide bonds. The summed E-state index contributed by atoms with van der Waals surface area (Å²) < 4.78 is 0. The largest absolute Gasteiger partial charge is 0.481 e. The van der Waals surface area contributed by atoms with Crippen molar-refractivity contribution in [3.8, 4) is 0 Å².